The molecule has 4 aliphatic rings. The normalized spacial score (nSPS) is 29.7. The van der Waals surface area contributed by atoms with Gasteiger partial charge in [0.15, 0.2) is 0 Å². The third kappa shape index (κ3) is 2.77. The molecule has 0 bridgehead atoms. The Bertz CT molecular complexity index is 945. The van der Waals surface area contributed by atoms with E-state index in [1.54, 1.807) is 23.7 Å². The molecule has 0 aliphatic carbocycles. The second-order valence-electron chi connectivity index (χ2n) is 8.94. The Morgan fingerprint density at radius 1 is 1.30 bits per heavy atom. The first-order valence-electron chi connectivity index (χ1n) is 10.8. The van der Waals surface area contributed by atoms with E-state index in [0.717, 1.165) is 62.6 Å². The second kappa shape index (κ2) is 7.09. The fraction of sp³-hybridized carbons (Fsp3) is 0.591. The summed E-state index contributed by atoms with van der Waals surface area (Å²) in [6.07, 6.45) is 7.89. The molecule has 3 saturated heterocycles. The summed E-state index contributed by atoms with van der Waals surface area (Å²) in [6, 6.07) is 2.26. The molecule has 0 saturated carbocycles. The van der Waals surface area contributed by atoms with Crippen molar-refractivity contribution < 1.29 is 14.3 Å². The molecule has 2 aromatic rings. The standard InChI is InChI=1S/C22H26N4O3S/c27-20(21-13-24-10-16(21)12-28-14-21)26-6-2-22(3-7-26)19-15(1-8-29-22)9-18(30-19)17-11-23-4-5-25-17/h4-5,9,11,16,24H,1-3,6-8,10,12-14H2/t16-,21-/m0/s1. The Morgan fingerprint density at radius 3 is 3.03 bits per heavy atom. The van der Waals surface area contributed by atoms with Gasteiger partial charge in [0.1, 0.15) is 5.60 Å². The fourth-order valence-electron chi connectivity index (χ4n) is 5.62. The van der Waals surface area contributed by atoms with Crippen molar-refractivity contribution in [3.8, 4) is 10.6 Å². The van der Waals surface area contributed by atoms with Gasteiger partial charge in [-0.25, -0.2) is 0 Å². The summed E-state index contributed by atoms with van der Waals surface area (Å²) in [7, 11) is 0. The van der Waals surface area contributed by atoms with Crippen LogP contribution in [0.25, 0.3) is 10.6 Å². The minimum atomic E-state index is -0.356. The quantitative estimate of drug-likeness (QED) is 0.790. The summed E-state index contributed by atoms with van der Waals surface area (Å²) in [4.78, 5) is 26.7. The van der Waals surface area contributed by atoms with Gasteiger partial charge in [-0.2, -0.15) is 0 Å². The molecule has 1 amide bonds. The number of nitrogens with one attached hydrogen (secondary N) is 1. The van der Waals surface area contributed by atoms with Crippen molar-refractivity contribution in [3.05, 3.63) is 35.1 Å². The molecule has 1 spiro atoms. The van der Waals surface area contributed by atoms with Crippen LogP contribution in [0.5, 0.6) is 0 Å². The predicted octanol–water partition coefficient (Wildman–Crippen LogP) is 1.83. The van der Waals surface area contributed by atoms with Gasteiger partial charge in [-0.1, -0.05) is 0 Å². The highest BCUT2D eigenvalue weighted by Crippen LogP contribution is 2.48. The molecular weight excluding hydrogens is 400 g/mol. The number of hydrogen-bond donors (Lipinski definition) is 1. The SMILES string of the molecule is O=C(N1CCC2(CC1)OCCc1cc(-c3cnccn3)sc12)[C@]12CNC[C@H]1COC2. The van der Waals surface area contributed by atoms with Crippen LogP contribution in [0.2, 0.25) is 0 Å². The molecule has 158 valence electrons. The predicted molar refractivity (Wildman–Crippen MR) is 112 cm³/mol. The molecule has 0 unspecified atom stereocenters. The summed E-state index contributed by atoms with van der Waals surface area (Å²) >= 11 is 1.78. The van der Waals surface area contributed by atoms with Crippen molar-refractivity contribution in [2.75, 3.05) is 46.0 Å². The number of likely N-dealkylation sites (tertiary alicyclic amines) is 1. The van der Waals surface area contributed by atoms with Gasteiger partial charge >= 0.3 is 0 Å². The lowest BCUT2D eigenvalue weighted by Crippen LogP contribution is -2.54. The Morgan fingerprint density at radius 2 is 2.20 bits per heavy atom. The maximum atomic E-state index is 13.5. The summed E-state index contributed by atoms with van der Waals surface area (Å²) < 4.78 is 12.1. The van der Waals surface area contributed by atoms with Crippen LogP contribution in [-0.2, 0) is 26.3 Å². The van der Waals surface area contributed by atoms with Gasteiger partial charge < -0.3 is 19.7 Å². The van der Waals surface area contributed by atoms with Gasteiger partial charge in [0.05, 0.1) is 42.0 Å². The molecule has 2 aromatic heterocycles. The Kier molecular flexibility index (Phi) is 4.46. The van der Waals surface area contributed by atoms with Gasteiger partial charge in [0.25, 0.3) is 0 Å². The van der Waals surface area contributed by atoms with E-state index in [9.17, 15) is 4.79 Å². The van der Waals surface area contributed by atoms with Gasteiger partial charge in [-0.05, 0) is 30.9 Å². The Balaban J connectivity index is 1.23. The highest BCUT2D eigenvalue weighted by atomic mass is 32.1. The molecule has 6 rings (SSSR count). The molecule has 8 heteroatoms. The maximum Gasteiger partial charge on any atom is 0.232 e. The van der Waals surface area contributed by atoms with Crippen molar-refractivity contribution in [2.45, 2.75) is 24.9 Å². The third-order valence-electron chi connectivity index (χ3n) is 7.36. The average molecular weight is 427 g/mol. The van der Waals surface area contributed by atoms with E-state index in [1.807, 2.05) is 6.20 Å². The van der Waals surface area contributed by atoms with Crippen molar-refractivity contribution in [1.29, 1.82) is 0 Å². The summed E-state index contributed by atoms with van der Waals surface area (Å²) in [5.74, 6) is 0.581. The molecule has 30 heavy (non-hydrogen) atoms. The zero-order valence-corrected chi connectivity index (χ0v) is 17.7. The molecule has 4 aliphatic heterocycles. The monoisotopic (exact) mass is 426 g/mol. The minimum absolute atomic E-state index is 0.271. The second-order valence-corrected chi connectivity index (χ2v) is 9.99. The summed E-state index contributed by atoms with van der Waals surface area (Å²) in [5.41, 5.74) is 1.66. The first-order valence-corrected chi connectivity index (χ1v) is 11.6. The van der Waals surface area contributed by atoms with Crippen molar-refractivity contribution in [1.82, 2.24) is 20.2 Å². The smallest absolute Gasteiger partial charge is 0.232 e. The van der Waals surface area contributed by atoms with E-state index in [-0.39, 0.29) is 16.9 Å². The van der Waals surface area contributed by atoms with Crippen LogP contribution in [0.15, 0.2) is 24.7 Å². The lowest BCUT2D eigenvalue weighted by Gasteiger charge is -2.45. The van der Waals surface area contributed by atoms with Crippen LogP contribution in [0.4, 0.5) is 0 Å². The van der Waals surface area contributed by atoms with Crippen LogP contribution >= 0.6 is 11.3 Å². The van der Waals surface area contributed by atoms with E-state index in [4.69, 9.17) is 9.47 Å². The van der Waals surface area contributed by atoms with E-state index >= 15 is 0 Å². The zero-order chi connectivity index (χ0) is 20.2. The number of ether oxygens (including phenoxy) is 2. The lowest BCUT2D eigenvalue weighted by atomic mass is 9.78. The van der Waals surface area contributed by atoms with Gasteiger partial charge in [-0.3, -0.25) is 14.8 Å². The van der Waals surface area contributed by atoms with Crippen LogP contribution in [0.1, 0.15) is 23.3 Å². The Labute approximate surface area is 179 Å². The van der Waals surface area contributed by atoms with Crippen LogP contribution in [0.3, 0.4) is 0 Å². The van der Waals surface area contributed by atoms with Gasteiger partial charge in [0.2, 0.25) is 5.91 Å². The molecule has 6 heterocycles. The summed E-state index contributed by atoms with van der Waals surface area (Å²) in [6.45, 7) is 5.10. The first-order chi connectivity index (χ1) is 14.7. The number of amides is 1. The van der Waals surface area contributed by atoms with E-state index in [1.165, 1.54) is 10.4 Å². The molecule has 0 radical (unpaired) electrons. The number of carbonyl (C=O) groups excluding carboxylic acids is 1. The number of aromatic nitrogens is 2. The average Bonchev–Trinajstić information content (AvgIpc) is 3.49. The first kappa shape index (κ1) is 18.9. The van der Waals surface area contributed by atoms with E-state index in [2.05, 4.69) is 26.3 Å². The van der Waals surface area contributed by atoms with Crippen molar-refractivity contribution in [3.63, 3.8) is 0 Å². The summed E-state index contributed by atoms with van der Waals surface area (Å²) in [5, 5.41) is 3.41. The minimum Gasteiger partial charge on any atom is -0.380 e. The maximum absolute atomic E-state index is 13.5. The zero-order valence-electron chi connectivity index (χ0n) is 16.9. The molecule has 7 nitrogen and oxygen atoms in total. The number of piperidine rings is 1. The lowest BCUT2D eigenvalue weighted by molar-refractivity contribution is -0.150. The fourth-order valence-corrected chi connectivity index (χ4v) is 7.00. The van der Waals surface area contributed by atoms with Crippen LogP contribution < -0.4 is 5.32 Å². The molecule has 0 aromatic carbocycles. The van der Waals surface area contributed by atoms with Gasteiger partial charge in [0, 0.05) is 49.4 Å². The number of thiophene rings is 1. The molecule has 2 atom stereocenters. The number of nitrogens with zero attached hydrogens (tertiary/aromatic N) is 3. The van der Waals surface area contributed by atoms with Crippen LogP contribution in [-0.4, -0.2) is 66.8 Å². The highest BCUT2D eigenvalue weighted by molar-refractivity contribution is 7.15. The number of fused-ring (bicyclic) bond motifs is 3. The van der Waals surface area contributed by atoms with Crippen LogP contribution in [0, 0.1) is 11.3 Å². The molecule has 1 N–H and O–H groups in total. The third-order valence-corrected chi connectivity index (χ3v) is 8.75. The van der Waals surface area contributed by atoms with Crippen molar-refractivity contribution >= 4 is 17.2 Å². The molecule has 3 fully saturated rings. The number of hydrogen-bond acceptors (Lipinski definition) is 7. The van der Waals surface area contributed by atoms with Gasteiger partial charge in [-0.15, -0.1) is 11.3 Å². The van der Waals surface area contributed by atoms with Crippen molar-refractivity contribution in [2.24, 2.45) is 11.3 Å². The van der Waals surface area contributed by atoms with E-state index in [0.29, 0.717) is 19.1 Å². The molecular formula is C22H26N4O3S. The largest absolute Gasteiger partial charge is 0.380 e. The topological polar surface area (TPSA) is 76.6 Å². The highest BCUT2D eigenvalue weighted by Gasteiger charge is 2.55. The Hall–Kier alpha value is -1.87. The van der Waals surface area contributed by atoms with E-state index < -0.39 is 0 Å². The number of rotatable bonds is 2. The number of carbonyl (C=O) groups is 1.